The summed E-state index contributed by atoms with van der Waals surface area (Å²) in [5.41, 5.74) is 1.34. The van der Waals surface area contributed by atoms with Crippen molar-refractivity contribution in [2.75, 3.05) is 19.6 Å². The standard InChI is InChI=1S/C15H19Cl2N3/c16-11-3-4-12(13(17)9-11)15(5-1-6-15)10-20-14-18-7-2-8-19-14/h3-4,9H,1-2,5-8,10H2,(H2,18,19,20). The monoisotopic (exact) mass is 311 g/mol. The SMILES string of the molecule is Clc1ccc(C2(CNC3=NCCCN3)CCC2)c(Cl)c1. The fraction of sp³-hybridized carbons (Fsp3) is 0.533. The number of aliphatic imine (C=N–C) groups is 1. The summed E-state index contributed by atoms with van der Waals surface area (Å²) in [6.07, 6.45) is 4.68. The van der Waals surface area contributed by atoms with Gasteiger partial charge in [0.25, 0.3) is 0 Å². The molecule has 2 N–H and O–H groups in total. The van der Waals surface area contributed by atoms with Gasteiger partial charge in [-0.3, -0.25) is 4.99 Å². The van der Waals surface area contributed by atoms with Gasteiger partial charge in [0.1, 0.15) is 0 Å². The number of hydrogen-bond donors (Lipinski definition) is 2. The van der Waals surface area contributed by atoms with E-state index >= 15 is 0 Å². The first-order valence-electron chi connectivity index (χ1n) is 7.17. The molecule has 0 atom stereocenters. The van der Waals surface area contributed by atoms with Gasteiger partial charge in [-0.1, -0.05) is 35.7 Å². The molecule has 0 unspecified atom stereocenters. The molecular weight excluding hydrogens is 293 g/mol. The molecule has 1 heterocycles. The lowest BCUT2D eigenvalue weighted by atomic mass is 9.64. The molecule has 1 aliphatic carbocycles. The minimum Gasteiger partial charge on any atom is -0.356 e. The highest BCUT2D eigenvalue weighted by molar-refractivity contribution is 6.35. The van der Waals surface area contributed by atoms with Crippen LogP contribution in [0.1, 0.15) is 31.2 Å². The number of nitrogens with zero attached hydrogens (tertiary/aromatic N) is 1. The molecule has 1 fully saturated rings. The molecular formula is C15H19Cl2N3. The lowest BCUT2D eigenvalue weighted by Crippen LogP contribution is -2.50. The Balaban J connectivity index is 1.75. The fourth-order valence-electron chi connectivity index (χ4n) is 2.97. The zero-order valence-corrected chi connectivity index (χ0v) is 12.9. The minimum absolute atomic E-state index is 0.128. The molecule has 0 saturated heterocycles. The molecule has 1 aromatic carbocycles. The molecule has 3 rings (SSSR count). The van der Waals surface area contributed by atoms with Crippen LogP contribution < -0.4 is 10.6 Å². The van der Waals surface area contributed by atoms with Gasteiger partial charge >= 0.3 is 0 Å². The quantitative estimate of drug-likeness (QED) is 0.898. The maximum absolute atomic E-state index is 6.39. The third-order valence-electron chi connectivity index (χ3n) is 4.30. The Hall–Kier alpha value is -0.930. The van der Waals surface area contributed by atoms with E-state index in [-0.39, 0.29) is 5.41 Å². The highest BCUT2D eigenvalue weighted by atomic mass is 35.5. The van der Waals surface area contributed by atoms with Crippen molar-refractivity contribution in [2.24, 2.45) is 4.99 Å². The van der Waals surface area contributed by atoms with Crippen molar-refractivity contribution in [1.29, 1.82) is 0 Å². The van der Waals surface area contributed by atoms with Crippen LogP contribution in [-0.2, 0) is 5.41 Å². The second kappa shape index (κ2) is 5.82. The van der Waals surface area contributed by atoms with Crippen LogP contribution in [0.2, 0.25) is 10.0 Å². The van der Waals surface area contributed by atoms with Crippen LogP contribution in [0.3, 0.4) is 0 Å². The highest BCUT2D eigenvalue weighted by Gasteiger charge is 2.40. The van der Waals surface area contributed by atoms with Gasteiger partial charge in [0.15, 0.2) is 5.96 Å². The molecule has 20 heavy (non-hydrogen) atoms. The Morgan fingerprint density at radius 2 is 2.10 bits per heavy atom. The van der Waals surface area contributed by atoms with E-state index in [9.17, 15) is 0 Å². The lowest BCUT2D eigenvalue weighted by Gasteiger charge is -2.43. The van der Waals surface area contributed by atoms with Crippen LogP contribution in [0.4, 0.5) is 0 Å². The van der Waals surface area contributed by atoms with Crippen molar-refractivity contribution in [1.82, 2.24) is 10.6 Å². The molecule has 0 aromatic heterocycles. The lowest BCUT2D eigenvalue weighted by molar-refractivity contribution is 0.244. The van der Waals surface area contributed by atoms with E-state index in [0.29, 0.717) is 5.02 Å². The summed E-state index contributed by atoms with van der Waals surface area (Å²) in [7, 11) is 0. The Bertz CT molecular complexity index is 524. The Kier molecular flexibility index (Phi) is 4.08. The van der Waals surface area contributed by atoms with Crippen LogP contribution in [0.5, 0.6) is 0 Å². The Labute approximate surface area is 129 Å². The number of rotatable bonds is 3. The summed E-state index contributed by atoms with van der Waals surface area (Å²) in [4.78, 5) is 4.46. The van der Waals surface area contributed by atoms with Crippen molar-refractivity contribution >= 4 is 29.2 Å². The van der Waals surface area contributed by atoms with Crippen molar-refractivity contribution in [3.63, 3.8) is 0 Å². The van der Waals surface area contributed by atoms with Gasteiger partial charge in [-0.15, -0.1) is 0 Å². The van der Waals surface area contributed by atoms with Crippen LogP contribution in [0.25, 0.3) is 0 Å². The van der Waals surface area contributed by atoms with Gasteiger partial charge in [-0.2, -0.15) is 0 Å². The van der Waals surface area contributed by atoms with Crippen molar-refractivity contribution in [3.8, 4) is 0 Å². The minimum atomic E-state index is 0.128. The predicted molar refractivity (Wildman–Crippen MR) is 84.9 cm³/mol. The summed E-state index contributed by atoms with van der Waals surface area (Å²) in [5.74, 6) is 0.924. The second-order valence-corrected chi connectivity index (χ2v) is 6.47. The average molecular weight is 312 g/mol. The predicted octanol–water partition coefficient (Wildman–Crippen LogP) is 3.35. The first-order valence-corrected chi connectivity index (χ1v) is 7.93. The molecule has 3 nitrogen and oxygen atoms in total. The van der Waals surface area contributed by atoms with Gasteiger partial charge in [0, 0.05) is 35.1 Å². The fourth-order valence-corrected chi connectivity index (χ4v) is 3.58. The summed E-state index contributed by atoms with van der Waals surface area (Å²) >= 11 is 12.4. The van der Waals surface area contributed by atoms with E-state index in [4.69, 9.17) is 23.2 Å². The van der Waals surface area contributed by atoms with E-state index in [1.54, 1.807) is 0 Å². The maximum Gasteiger partial charge on any atom is 0.191 e. The maximum atomic E-state index is 6.39. The van der Waals surface area contributed by atoms with E-state index < -0.39 is 0 Å². The average Bonchev–Trinajstić information content (AvgIpc) is 2.40. The molecule has 1 aliphatic heterocycles. The van der Waals surface area contributed by atoms with Crippen molar-refractivity contribution in [3.05, 3.63) is 33.8 Å². The van der Waals surface area contributed by atoms with Crippen molar-refractivity contribution in [2.45, 2.75) is 31.1 Å². The summed E-state index contributed by atoms with van der Waals surface area (Å²) in [5, 5.41) is 8.22. The zero-order chi connectivity index (χ0) is 14.0. The van der Waals surface area contributed by atoms with Gasteiger partial charge in [-0.05, 0) is 37.0 Å². The smallest absolute Gasteiger partial charge is 0.191 e. The third kappa shape index (κ3) is 2.75. The summed E-state index contributed by atoms with van der Waals surface area (Å²) in [6, 6.07) is 5.84. The number of nitrogens with one attached hydrogen (secondary N) is 2. The highest BCUT2D eigenvalue weighted by Crippen LogP contribution is 2.46. The number of benzene rings is 1. The van der Waals surface area contributed by atoms with E-state index in [1.807, 2.05) is 12.1 Å². The topological polar surface area (TPSA) is 36.4 Å². The Morgan fingerprint density at radius 3 is 2.70 bits per heavy atom. The van der Waals surface area contributed by atoms with Gasteiger partial charge in [-0.25, -0.2) is 0 Å². The van der Waals surface area contributed by atoms with E-state index in [0.717, 1.165) is 49.9 Å². The largest absolute Gasteiger partial charge is 0.356 e. The van der Waals surface area contributed by atoms with Gasteiger partial charge in [0.2, 0.25) is 0 Å². The molecule has 0 radical (unpaired) electrons. The van der Waals surface area contributed by atoms with Crippen LogP contribution in [0, 0.1) is 0 Å². The molecule has 5 heteroatoms. The molecule has 1 saturated carbocycles. The molecule has 0 amide bonds. The second-order valence-electron chi connectivity index (χ2n) is 5.62. The zero-order valence-electron chi connectivity index (χ0n) is 11.4. The molecule has 0 bridgehead atoms. The molecule has 108 valence electrons. The van der Waals surface area contributed by atoms with Crippen molar-refractivity contribution < 1.29 is 0 Å². The third-order valence-corrected chi connectivity index (χ3v) is 4.85. The summed E-state index contributed by atoms with van der Waals surface area (Å²) in [6.45, 7) is 2.78. The Morgan fingerprint density at radius 1 is 1.25 bits per heavy atom. The molecule has 0 spiro atoms. The van der Waals surface area contributed by atoms with E-state index in [2.05, 4.69) is 21.7 Å². The van der Waals surface area contributed by atoms with Gasteiger partial charge in [0.05, 0.1) is 0 Å². The number of hydrogen-bond acceptors (Lipinski definition) is 3. The first kappa shape index (κ1) is 14.0. The number of guanidine groups is 1. The van der Waals surface area contributed by atoms with Crippen LogP contribution >= 0.6 is 23.2 Å². The first-order chi connectivity index (χ1) is 9.70. The van der Waals surface area contributed by atoms with E-state index in [1.165, 1.54) is 12.0 Å². The molecule has 1 aromatic rings. The summed E-state index contributed by atoms with van der Waals surface area (Å²) < 4.78 is 0. The number of halogens is 2. The van der Waals surface area contributed by atoms with Crippen LogP contribution in [0.15, 0.2) is 23.2 Å². The normalized spacial score (nSPS) is 20.6. The van der Waals surface area contributed by atoms with Gasteiger partial charge < -0.3 is 10.6 Å². The van der Waals surface area contributed by atoms with Crippen LogP contribution in [-0.4, -0.2) is 25.6 Å². The molecule has 2 aliphatic rings.